The Hall–Kier alpha value is -0.980. The monoisotopic (exact) mass is 265 g/mol. The second kappa shape index (κ2) is 5.57. The summed E-state index contributed by atoms with van der Waals surface area (Å²) in [4.78, 5) is 6.63. The molecule has 0 fully saturated rings. The number of halogens is 3. The average Bonchev–Trinajstić information content (AvgIpc) is 2.14. The van der Waals surface area contributed by atoms with Gasteiger partial charge in [-0.2, -0.15) is 13.2 Å². The van der Waals surface area contributed by atoms with Crippen LogP contribution in [0.15, 0.2) is 11.1 Å². The molecule has 0 aromatic carbocycles. The van der Waals surface area contributed by atoms with Gasteiger partial charge in [0.1, 0.15) is 10.8 Å². The SMILES string of the molecule is CC(C)CCSc1cc(N)nc(C(F)(F)F)n1. The van der Waals surface area contributed by atoms with Crippen molar-refractivity contribution in [2.75, 3.05) is 11.5 Å². The zero-order valence-electron chi connectivity index (χ0n) is 9.58. The zero-order chi connectivity index (χ0) is 13.1. The Morgan fingerprint density at radius 2 is 2.00 bits per heavy atom. The first-order valence-corrected chi connectivity index (χ1v) is 6.12. The molecule has 7 heteroatoms. The summed E-state index contributed by atoms with van der Waals surface area (Å²) in [6.45, 7) is 4.10. The molecule has 2 N–H and O–H groups in total. The first-order valence-electron chi connectivity index (χ1n) is 5.13. The maximum absolute atomic E-state index is 12.4. The molecule has 96 valence electrons. The van der Waals surface area contributed by atoms with Crippen molar-refractivity contribution in [2.45, 2.75) is 31.5 Å². The van der Waals surface area contributed by atoms with Crippen molar-refractivity contribution in [3.63, 3.8) is 0 Å². The Morgan fingerprint density at radius 3 is 2.53 bits per heavy atom. The molecule has 0 aliphatic carbocycles. The highest BCUT2D eigenvalue weighted by Crippen LogP contribution is 2.29. The lowest BCUT2D eigenvalue weighted by Gasteiger charge is -2.08. The van der Waals surface area contributed by atoms with Crippen LogP contribution >= 0.6 is 11.8 Å². The van der Waals surface area contributed by atoms with Crippen LogP contribution in [0.4, 0.5) is 19.0 Å². The van der Waals surface area contributed by atoms with E-state index in [0.29, 0.717) is 11.7 Å². The molecular formula is C10H14F3N3S. The Morgan fingerprint density at radius 1 is 1.35 bits per heavy atom. The van der Waals surface area contributed by atoms with Gasteiger partial charge >= 0.3 is 6.18 Å². The number of nitrogen functional groups attached to an aromatic ring is 1. The van der Waals surface area contributed by atoms with E-state index < -0.39 is 12.0 Å². The van der Waals surface area contributed by atoms with Gasteiger partial charge in [-0.25, -0.2) is 9.97 Å². The Bertz CT molecular complexity index is 380. The molecule has 0 spiro atoms. The number of aromatic nitrogens is 2. The fourth-order valence-corrected chi connectivity index (χ4v) is 2.20. The van der Waals surface area contributed by atoms with Gasteiger partial charge in [0.2, 0.25) is 5.82 Å². The molecule has 1 aromatic rings. The second-order valence-corrected chi connectivity index (χ2v) is 5.10. The summed E-state index contributed by atoms with van der Waals surface area (Å²) >= 11 is 1.26. The third-order valence-electron chi connectivity index (χ3n) is 1.92. The smallest absolute Gasteiger partial charge is 0.384 e. The summed E-state index contributed by atoms with van der Waals surface area (Å²) < 4.78 is 37.2. The van der Waals surface area contributed by atoms with E-state index in [9.17, 15) is 13.2 Å². The number of alkyl halides is 3. The minimum absolute atomic E-state index is 0.153. The summed E-state index contributed by atoms with van der Waals surface area (Å²) in [6, 6.07) is 1.36. The number of hydrogen-bond acceptors (Lipinski definition) is 4. The topological polar surface area (TPSA) is 51.8 Å². The Kier molecular flexibility index (Phi) is 4.62. The maximum Gasteiger partial charge on any atom is 0.451 e. The fraction of sp³-hybridized carbons (Fsp3) is 0.600. The molecule has 0 amide bonds. The molecule has 1 heterocycles. The van der Waals surface area contributed by atoms with Gasteiger partial charge in [-0.05, 0) is 18.1 Å². The minimum Gasteiger partial charge on any atom is -0.384 e. The van der Waals surface area contributed by atoms with Gasteiger partial charge in [-0.1, -0.05) is 13.8 Å². The molecule has 17 heavy (non-hydrogen) atoms. The van der Waals surface area contributed by atoms with Gasteiger partial charge in [-0.15, -0.1) is 11.8 Å². The van der Waals surface area contributed by atoms with E-state index in [0.717, 1.165) is 6.42 Å². The highest BCUT2D eigenvalue weighted by atomic mass is 32.2. The molecule has 0 unspecified atom stereocenters. The first-order chi connectivity index (χ1) is 7.79. The zero-order valence-corrected chi connectivity index (χ0v) is 10.4. The number of nitrogens with zero attached hydrogens (tertiary/aromatic N) is 2. The van der Waals surface area contributed by atoms with Crippen LogP contribution in [0.1, 0.15) is 26.1 Å². The third kappa shape index (κ3) is 4.80. The third-order valence-corrected chi connectivity index (χ3v) is 2.87. The van der Waals surface area contributed by atoms with Gasteiger partial charge in [0, 0.05) is 6.07 Å². The van der Waals surface area contributed by atoms with Gasteiger partial charge < -0.3 is 5.73 Å². The lowest BCUT2D eigenvalue weighted by Crippen LogP contribution is -2.12. The molecule has 0 aliphatic heterocycles. The highest BCUT2D eigenvalue weighted by Gasteiger charge is 2.35. The van der Waals surface area contributed by atoms with Crippen molar-refractivity contribution >= 4 is 17.6 Å². The van der Waals surface area contributed by atoms with Crippen LogP contribution in [0.5, 0.6) is 0 Å². The number of nitrogens with two attached hydrogens (primary N) is 1. The van der Waals surface area contributed by atoms with E-state index in [1.54, 1.807) is 0 Å². The molecule has 3 nitrogen and oxygen atoms in total. The highest BCUT2D eigenvalue weighted by molar-refractivity contribution is 7.99. The van der Waals surface area contributed by atoms with Crippen LogP contribution in [0, 0.1) is 5.92 Å². The molecule has 1 aromatic heterocycles. The molecule has 0 bridgehead atoms. The minimum atomic E-state index is -4.55. The summed E-state index contributed by atoms with van der Waals surface area (Å²) in [5, 5.41) is 0.269. The molecular weight excluding hydrogens is 251 g/mol. The Labute approximate surface area is 102 Å². The van der Waals surface area contributed by atoms with Crippen LogP contribution < -0.4 is 5.73 Å². The first kappa shape index (κ1) is 14.1. The van der Waals surface area contributed by atoms with E-state index in [2.05, 4.69) is 23.8 Å². The van der Waals surface area contributed by atoms with Crippen molar-refractivity contribution in [3.05, 3.63) is 11.9 Å². The number of rotatable bonds is 4. The van der Waals surface area contributed by atoms with Crippen molar-refractivity contribution in [1.82, 2.24) is 9.97 Å². The number of anilines is 1. The van der Waals surface area contributed by atoms with E-state index in [4.69, 9.17) is 5.73 Å². The van der Waals surface area contributed by atoms with E-state index in [1.807, 2.05) is 0 Å². The molecule has 0 saturated carbocycles. The largest absolute Gasteiger partial charge is 0.451 e. The summed E-state index contributed by atoms with van der Waals surface area (Å²) in [6.07, 6.45) is -3.64. The lowest BCUT2D eigenvalue weighted by molar-refractivity contribution is -0.145. The molecule has 0 saturated heterocycles. The molecule has 0 atom stereocenters. The van der Waals surface area contributed by atoms with Crippen LogP contribution in [-0.4, -0.2) is 15.7 Å². The molecule has 1 rings (SSSR count). The Balaban J connectivity index is 2.76. The number of hydrogen-bond donors (Lipinski definition) is 1. The van der Waals surface area contributed by atoms with E-state index in [-0.39, 0.29) is 10.8 Å². The van der Waals surface area contributed by atoms with Crippen LogP contribution in [0.25, 0.3) is 0 Å². The van der Waals surface area contributed by atoms with Crippen molar-refractivity contribution in [3.8, 4) is 0 Å². The van der Waals surface area contributed by atoms with Gasteiger partial charge in [-0.3, -0.25) is 0 Å². The van der Waals surface area contributed by atoms with Crippen molar-refractivity contribution < 1.29 is 13.2 Å². The van der Waals surface area contributed by atoms with E-state index in [1.165, 1.54) is 17.8 Å². The predicted octanol–water partition coefficient (Wildman–Crippen LogP) is 3.22. The maximum atomic E-state index is 12.4. The summed E-state index contributed by atoms with van der Waals surface area (Å²) in [7, 11) is 0. The van der Waals surface area contributed by atoms with Gasteiger partial charge in [0.05, 0.1) is 0 Å². The van der Waals surface area contributed by atoms with Crippen LogP contribution in [-0.2, 0) is 6.18 Å². The average molecular weight is 265 g/mol. The number of thioether (sulfide) groups is 1. The quantitative estimate of drug-likeness (QED) is 0.671. The second-order valence-electron chi connectivity index (χ2n) is 3.98. The van der Waals surface area contributed by atoms with Gasteiger partial charge in [0.15, 0.2) is 0 Å². The normalized spacial score (nSPS) is 12.1. The predicted molar refractivity (Wildman–Crippen MR) is 61.6 cm³/mol. The van der Waals surface area contributed by atoms with E-state index >= 15 is 0 Å². The standard InChI is InChI=1S/C10H14F3N3S/c1-6(2)3-4-17-8-5-7(14)15-9(16-8)10(11,12)13/h5-6H,3-4H2,1-2H3,(H2,14,15,16). The van der Waals surface area contributed by atoms with Gasteiger partial charge in [0.25, 0.3) is 0 Å². The molecule has 0 aliphatic rings. The summed E-state index contributed by atoms with van der Waals surface area (Å²) in [5.41, 5.74) is 5.32. The lowest BCUT2D eigenvalue weighted by atomic mass is 10.2. The van der Waals surface area contributed by atoms with Crippen LogP contribution in [0.3, 0.4) is 0 Å². The van der Waals surface area contributed by atoms with Crippen LogP contribution in [0.2, 0.25) is 0 Å². The summed E-state index contributed by atoms with van der Waals surface area (Å²) in [5.74, 6) is -0.113. The van der Waals surface area contributed by atoms with Crippen molar-refractivity contribution in [1.29, 1.82) is 0 Å². The van der Waals surface area contributed by atoms with Crippen molar-refractivity contribution in [2.24, 2.45) is 5.92 Å². The fourth-order valence-electron chi connectivity index (χ4n) is 1.04. The molecule has 0 radical (unpaired) electrons.